The predicted molar refractivity (Wildman–Crippen MR) is 84.1 cm³/mol. The first-order valence-corrected chi connectivity index (χ1v) is 9.39. The Bertz CT molecular complexity index is 325. The molecular formula is C16H28OSi. The van der Waals surface area contributed by atoms with Crippen LogP contribution in [0.2, 0.25) is 18.1 Å². The minimum Gasteiger partial charge on any atom is -0.407 e. The third-order valence-electron chi connectivity index (χ3n) is 3.69. The molecule has 0 fully saturated rings. The largest absolute Gasteiger partial charge is 0.407 e. The molecule has 18 heavy (non-hydrogen) atoms. The molecular weight excluding hydrogens is 236 g/mol. The Balaban J connectivity index is 5.25. The lowest BCUT2D eigenvalue weighted by Crippen LogP contribution is -2.45. The molecule has 0 unspecified atom stereocenters. The van der Waals surface area contributed by atoms with Crippen LogP contribution in [-0.4, -0.2) is 13.9 Å². The van der Waals surface area contributed by atoms with E-state index in [1.807, 2.05) is 13.0 Å². The molecule has 0 radical (unpaired) electrons. The van der Waals surface area contributed by atoms with Gasteiger partial charge in [0.25, 0.3) is 0 Å². The summed E-state index contributed by atoms with van der Waals surface area (Å²) in [4.78, 5) is 0. The molecule has 0 aromatic carbocycles. The van der Waals surface area contributed by atoms with Gasteiger partial charge in [-0.25, -0.2) is 0 Å². The van der Waals surface area contributed by atoms with E-state index in [-0.39, 0.29) is 5.60 Å². The molecule has 0 aliphatic carbocycles. The lowest BCUT2D eigenvalue weighted by Gasteiger charge is -2.38. The van der Waals surface area contributed by atoms with Gasteiger partial charge in [0.1, 0.15) is 0 Å². The van der Waals surface area contributed by atoms with Crippen molar-refractivity contribution in [2.75, 3.05) is 0 Å². The van der Waals surface area contributed by atoms with E-state index in [2.05, 4.69) is 46.3 Å². The smallest absolute Gasteiger partial charge is 0.193 e. The summed E-state index contributed by atoms with van der Waals surface area (Å²) in [7, 11) is -1.64. The third kappa shape index (κ3) is 4.84. The molecule has 1 nitrogen and oxygen atoms in total. The zero-order chi connectivity index (χ0) is 14.2. The quantitative estimate of drug-likeness (QED) is 0.343. The molecule has 2 heteroatoms. The van der Waals surface area contributed by atoms with E-state index in [4.69, 9.17) is 10.8 Å². The van der Waals surface area contributed by atoms with Crippen molar-refractivity contribution < 1.29 is 4.43 Å². The number of hydrogen-bond acceptors (Lipinski definition) is 1. The summed E-state index contributed by atoms with van der Waals surface area (Å²) in [6, 6.07) is 3.42. The maximum absolute atomic E-state index is 6.56. The van der Waals surface area contributed by atoms with Crippen LogP contribution in [0.5, 0.6) is 0 Å². The van der Waals surface area contributed by atoms with Crippen LogP contribution < -0.4 is 0 Å². The molecule has 0 rings (SSSR count). The fraction of sp³-hybridized carbons (Fsp3) is 0.625. The summed E-state index contributed by atoms with van der Waals surface area (Å²) >= 11 is 0. The topological polar surface area (TPSA) is 9.23 Å². The highest BCUT2D eigenvalue weighted by Crippen LogP contribution is 2.31. The standard InChI is InChI=1S/C16H28OSi/c1-8-13-16(7,14-15(6)9-2)17-18(10-3,11-4)12-5/h1,9,14H,2,10-13H2,3-7H3/b15-14+/t16-/m0/s1. The van der Waals surface area contributed by atoms with Crippen LogP contribution in [0, 0.1) is 12.3 Å². The SMILES string of the molecule is C#CC[C@@](C)(/C=C(\C)C=C)O[Si](CC)(CC)CC. The molecule has 0 spiro atoms. The van der Waals surface area contributed by atoms with E-state index in [1.54, 1.807) is 0 Å². The third-order valence-corrected chi connectivity index (χ3v) is 8.46. The van der Waals surface area contributed by atoms with Crippen molar-refractivity contribution in [3.63, 3.8) is 0 Å². The Hall–Kier alpha value is -0.783. The summed E-state index contributed by atoms with van der Waals surface area (Å²) in [6.07, 6.45) is 10.1. The van der Waals surface area contributed by atoms with Crippen LogP contribution in [0.3, 0.4) is 0 Å². The van der Waals surface area contributed by atoms with Crippen LogP contribution >= 0.6 is 0 Å². The van der Waals surface area contributed by atoms with Crippen LogP contribution in [-0.2, 0) is 4.43 Å². The van der Waals surface area contributed by atoms with Gasteiger partial charge in [0.2, 0.25) is 0 Å². The van der Waals surface area contributed by atoms with Crippen LogP contribution in [0.4, 0.5) is 0 Å². The zero-order valence-corrected chi connectivity index (χ0v) is 13.7. The van der Waals surface area contributed by atoms with Crippen molar-refractivity contribution in [3.05, 3.63) is 24.3 Å². The van der Waals surface area contributed by atoms with Gasteiger partial charge in [-0.05, 0) is 32.0 Å². The highest BCUT2D eigenvalue weighted by Gasteiger charge is 2.36. The average molecular weight is 264 g/mol. The Morgan fingerprint density at radius 3 is 2.17 bits per heavy atom. The van der Waals surface area contributed by atoms with Gasteiger partial charge in [0.15, 0.2) is 8.32 Å². The number of allylic oxidation sites excluding steroid dienone is 2. The second-order valence-electron chi connectivity index (χ2n) is 5.13. The highest BCUT2D eigenvalue weighted by molar-refractivity contribution is 6.73. The van der Waals surface area contributed by atoms with Gasteiger partial charge in [0, 0.05) is 6.42 Å². The Labute approximate surface area is 114 Å². The average Bonchev–Trinajstić information content (AvgIpc) is 2.36. The summed E-state index contributed by atoms with van der Waals surface area (Å²) in [5.74, 6) is 2.75. The van der Waals surface area contributed by atoms with Crippen LogP contribution in [0.15, 0.2) is 24.3 Å². The van der Waals surface area contributed by atoms with Gasteiger partial charge in [-0.2, -0.15) is 0 Å². The Morgan fingerprint density at radius 2 is 1.83 bits per heavy atom. The summed E-state index contributed by atoms with van der Waals surface area (Å²) in [5, 5.41) is 0. The van der Waals surface area contributed by atoms with Crippen LogP contribution in [0.25, 0.3) is 0 Å². The number of terminal acetylenes is 1. The van der Waals surface area contributed by atoms with Gasteiger partial charge >= 0.3 is 0 Å². The van der Waals surface area contributed by atoms with E-state index < -0.39 is 8.32 Å². The van der Waals surface area contributed by atoms with E-state index in [1.165, 1.54) is 0 Å². The first-order valence-electron chi connectivity index (χ1n) is 6.86. The molecule has 0 aliphatic heterocycles. The summed E-state index contributed by atoms with van der Waals surface area (Å²) < 4.78 is 6.56. The molecule has 0 aromatic rings. The van der Waals surface area contributed by atoms with Crippen molar-refractivity contribution in [1.82, 2.24) is 0 Å². The highest BCUT2D eigenvalue weighted by atomic mass is 28.4. The molecule has 0 aliphatic rings. The molecule has 0 saturated carbocycles. The lowest BCUT2D eigenvalue weighted by molar-refractivity contribution is 0.131. The molecule has 0 amide bonds. The van der Waals surface area contributed by atoms with E-state index in [0.29, 0.717) is 6.42 Å². The Kier molecular flexibility index (Phi) is 7.28. The normalized spacial score (nSPS) is 15.9. The van der Waals surface area contributed by atoms with Gasteiger partial charge < -0.3 is 4.43 Å². The van der Waals surface area contributed by atoms with Crippen molar-refractivity contribution >= 4 is 8.32 Å². The fourth-order valence-electron chi connectivity index (χ4n) is 2.32. The predicted octanol–water partition coefficient (Wildman–Crippen LogP) is 4.92. The molecule has 0 aromatic heterocycles. The molecule has 0 N–H and O–H groups in total. The second-order valence-corrected chi connectivity index (χ2v) is 9.82. The van der Waals surface area contributed by atoms with Gasteiger partial charge in [-0.3, -0.25) is 0 Å². The maximum Gasteiger partial charge on any atom is 0.193 e. The first kappa shape index (κ1) is 17.2. The van der Waals surface area contributed by atoms with Crippen molar-refractivity contribution in [3.8, 4) is 12.3 Å². The monoisotopic (exact) mass is 264 g/mol. The first-order chi connectivity index (χ1) is 8.40. The van der Waals surface area contributed by atoms with E-state index >= 15 is 0 Å². The number of hydrogen-bond donors (Lipinski definition) is 0. The molecule has 0 heterocycles. The second kappa shape index (κ2) is 7.61. The van der Waals surface area contributed by atoms with Crippen molar-refractivity contribution in [2.45, 2.75) is 64.8 Å². The molecule has 102 valence electrons. The molecule has 0 bridgehead atoms. The Morgan fingerprint density at radius 1 is 1.33 bits per heavy atom. The minimum atomic E-state index is -1.64. The van der Waals surface area contributed by atoms with Crippen LogP contribution in [0.1, 0.15) is 41.0 Å². The van der Waals surface area contributed by atoms with Gasteiger partial charge in [-0.1, -0.05) is 45.1 Å². The van der Waals surface area contributed by atoms with Crippen molar-refractivity contribution in [1.29, 1.82) is 0 Å². The van der Waals surface area contributed by atoms with E-state index in [0.717, 1.165) is 23.7 Å². The lowest BCUT2D eigenvalue weighted by atomic mass is 10.00. The van der Waals surface area contributed by atoms with Gasteiger partial charge in [-0.15, -0.1) is 12.3 Å². The maximum atomic E-state index is 6.56. The molecule has 1 atom stereocenters. The zero-order valence-electron chi connectivity index (χ0n) is 12.7. The summed E-state index contributed by atoms with van der Waals surface area (Å²) in [6.45, 7) is 14.6. The summed E-state index contributed by atoms with van der Waals surface area (Å²) in [5.41, 5.74) is 0.778. The fourth-order valence-corrected chi connectivity index (χ4v) is 5.37. The van der Waals surface area contributed by atoms with E-state index in [9.17, 15) is 0 Å². The molecule has 0 saturated heterocycles. The minimum absolute atomic E-state index is 0.346. The van der Waals surface area contributed by atoms with Crippen molar-refractivity contribution in [2.24, 2.45) is 0 Å². The van der Waals surface area contributed by atoms with Gasteiger partial charge in [0.05, 0.1) is 5.60 Å². The number of rotatable bonds is 8.